The molecule has 0 aliphatic carbocycles. The summed E-state index contributed by atoms with van der Waals surface area (Å²) in [5, 5.41) is 0. The van der Waals surface area contributed by atoms with Crippen molar-refractivity contribution in [2.24, 2.45) is 11.8 Å². The van der Waals surface area contributed by atoms with Crippen LogP contribution in [0.5, 0.6) is 0 Å². The van der Waals surface area contributed by atoms with Crippen LogP contribution >= 0.6 is 46.4 Å². The van der Waals surface area contributed by atoms with Crippen LogP contribution < -0.4 is 0 Å². The third kappa shape index (κ3) is 6.53. The molecule has 4 nitrogen and oxygen atoms in total. The minimum atomic E-state index is -0.633. The summed E-state index contributed by atoms with van der Waals surface area (Å²) in [6.07, 6.45) is 0.425. The molecular weight excluding hydrogens is 338 g/mol. The summed E-state index contributed by atoms with van der Waals surface area (Å²) in [6, 6.07) is 0. The third-order valence-electron chi connectivity index (χ3n) is 2.79. The highest BCUT2D eigenvalue weighted by Crippen LogP contribution is 2.34. The first-order valence-corrected chi connectivity index (χ1v) is 7.34. The van der Waals surface area contributed by atoms with Gasteiger partial charge < -0.3 is 18.9 Å². The molecule has 116 valence electrons. The first-order valence-electron chi connectivity index (χ1n) is 5.60. The summed E-state index contributed by atoms with van der Waals surface area (Å²) in [7, 11) is 5.95. The van der Waals surface area contributed by atoms with Gasteiger partial charge in [0, 0.05) is 40.3 Å². The van der Waals surface area contributed by atoms with Gasteiger partial charge in [0.2, 0.25) is 0 Å². The SMILES string of the molecule is COC(Cl)C(CC(C(Cl)OC)C(Cl)OC)C(Cl)OC. The maximum absolute atomic E-state index is 6.09. The van der Waals surface area contributed by atoms with E-state index in [1.807, 2.05) is 0 Å². The van der Waals surface area contributed by atoms with E-state index in [0.717, 1.165) is 0 Å². The number of rotatable bonds is 10. The van der Waals surface area contributed by atoms with E-state index in [-0.39, 0.29) is 11.8 Å². The van der Waals surface area contributed by atoms with Gasteiger partial charge in [-0.15, -0.1) is 0 Å². The number of ether oxygens (including phenoxy) is 4. The van der Waals surface area contributed by atoms with Crippen LogP contribution in [0.3, 0.4) is 0 Å². The number of halogens is 4. The van der Waals surface area contributed by atoms with Crippen molar-refractivity contribution >= 4 is 46.4 Å². The van der Waals surface area contributed by atoms with Crippen LogP contribution in [0.25, 0.3) is 0 Å². The summed E-state index contributed by atoms with van der Waals surface area (Å²) in [4.78, 5) is 0. The van der Waals surface area contributed by atoms with Crippen LogP contribution in [0, 0.1) is 11.8 Å². The Morgan fingerprint density at radius 2 is 0.789 bits per heavy atom. The molecule has 0 aromatic heterocycles. The lowest BCUT2D eigenvalue weighted by Gasteiger charge is -2.32. The van der Waals surface area contributed by atoms with Crippen LogP contribution in [0.1, 0.15) is 6.42 Å². The predicted molar refractivity (Wildman–Crippen MR) is 78.2 cm³/mol. The van der Waals surface area contributed by atoms with E-state index in [1.165, 1.54) is 28.4 Å². The Balaban J connectivity index is 4.91. The van der Waals surface area contributed by atoms with E-state index < -0.39 is 22.3 Å². The molecule has 0 spiro atoms. The molecule has 0 fully saturated rings. The third-order valence-corrected chi connectivity index (χ3v) is 4.80. The Labute approximate surface area is 134 Å². The Bertz CT molecular complexity index is 193. The standard InChI is InChI=1S/C11H20Cl4O4/c1-16-8(12)6(9(13)17-2)5-7(10(14)18-3)11(15)19-4/h6-11H,5H2,1-4H3. The van der Waals surface area contributed by atoms with Gasteiger partial charge in [0.1, 0.15) is 22.3 Å². The summed E-state index contributed by atoms with van der Waals surface area (Å²) >= 11 is 24.4. The Morgan fingerprint density at radius 1 is 0.579 bits per heavy atom. The highest BCUT2D eigenvalue weighted by Gasteiger charge is 2.36. The molecule has 0 aromatic carbocycles. The minimum absolute atomic E-state index is 0.323. The van der Waals surface area contributed by atoms with E-state index in [0.29, 0.717) is 6.42 Å². The highest BCUT2D eigenvalue weighted by molar-refractivity contribution is 6.23. The van der Waals surface area contributed by atoms with Gasteiger partial charge in [-0.25, -0.2) is 0 Å². The fourth-order valence-corrected chi connectivity index (χ4v) is 2.77. The van der Waals surface area contributed by atoms with Gasteiger partial charge in [0.15, 0.2) is 0 Å². The molecule has 0 heterocycles. The molecule has 0 aliphatic rings. The van der Waals surface area contributed by atoms with Crippen molar-refractivity contribution < 1.29 is 18.9 Å². The number of hydrogen-bond donors (Lipinski definition) is 0. The fraction of sp³-hybridized carbons (Fsp3) is 1.00. The molecule has 0 saturated heterocycles. The minimum Gasteiger partial charge on any atom is -0.365 e. The van der Waals surface area contributed by atoms with Crippen molar-refractivity contribution in [3.05, 3.63) is 0 Å². The van der Waals surface area contributed by atoms with Gasteiger partial charge in [0.05, 0.1) is 0 Å². The summed E-state index contributed by atoms with van der Waals surface area (Å²) in [5.74, 6) is -0.646. The van der Waals surface area contributed by atoms with E-state index >= 15 is 0 Å². The molecule has 4 unspecified atom stereocenters. The molecular formula is C11H20Cl4O4. The van der Waals surface area contributed by atoms with Gasteiger partial charge in [-0.1, -0.05) is 46.4 Å². The lowest BCUT2D eigenvalue weighted by atomic mass is 9.95. The van der Waals surface area contributed by atoms with Crippen molar-refractivity contribution in [2.75, 3.05) is 28.4 Å². The van der Waals surface area contributed by atoms with Crippen molar-refractivity contribution in [1.82, 2.24) is 0 Å². The molecule has 0 radical (unpaired) electrons. The van der Waals surface area contributed by atoms with E-state index in [9.17, 15) is 0 Å². The summed E-state index contributed by atoms with van der Waals surface area (Å²) < 4.78 is 20.4. The maximum Gasteiger partial charge on any atom is 0.137 e. The second-order valence-electron chi connectivity index (χ2n) is 3.91. The van der Waals surface area contributed by atoms with Crippen molar-refractivity contribution in [1.29, 1.82) is 0 Å². The quantitative estimate of drug-likeness (QED) is 0.561. The molecule has 0 bridgehead atoms. The predicted octanol–water partition coefficient (Wildman–Crippen LogP) is 3.45. The molecule has 0 N–H and O–H groups in total. The fourth-order valence-electron chi connectivity index (χ4n) is 1.68. The number of methoxy groups -OCH3 is 4. The van der Waals surface area contributed by atoms with Crippen LogP contribution in [0.2, 0.25) is 0 Å². The van der Waals surface area contributed by atoms with Crippen LogP contribution in [0.15, 0.2) is 0 Å². The van der Waals surface area contributed by atoms with Crippen LogP contribution in [-0.4, -0.2) is 50.7 Å². The average Bonchev–Trinajstić information content (AvgIpc) is 2.45. The molecule has 0 aliphatic heterocycles. The van der Waals surface area contributed by atoms with E-state index in [4.69, 9.17) is 65.4 Å². The molecule has 0 saturated carbocycles. The number of hydrogen-bond acceptors (Lipinski definition) is 4. The van der Waals surface area contributed by atoms with Crippen LogP contribution in [-0.2, 0) is 18.9 Å². The first kappa shape index (κ1) is 20.0. The zero-order valence-corrected chi connectivity index (χ0v) is 14.3. The largest absolute Gasteiger partial charge is 0.365 e. The zero-order chi connectivity index (χ0) is 15.0. The van der Waals surface area contributed by atoms with Gasteiger partial charge >= 0.3 is 0 Å². The molecule has 0 amide bonds. The van der Waals surface area contributed by atoms with Crippen molar-refractivity contribution in [2.45, 2.75) is 28.7 Å². The van der Waals surface area contributed by atoms with Crippen molar-refractivity contribution in [3.8, 4) is 0 Å². The normalized spacial score (nSPS) is 21.5. The number of alkyl halides is 4. The Hall–Kier alpha value is 1.000. The molecule has 0 aromatic rings. The second kappa shape index (κ2) is 10.7. The van der Waals surface area contributed by atoms with Crippen LogP contribution in [0.4, 0.5) is 0 Å². The van der Waals surface area contributed by atoms with E-state index in [1.54, 1.807) is 0 Å². The average molecular weight is 358 g/mol. The molecule has 8 heteroatoms. The first-order chi connectivity index (χ1) is 8.92. The smallest absolute Gasteiger partial charge is 0.137 e. The summed E-state index contributed by atoms with van der Waals surface area (Å²) in [6.45, 7) is 0. The maximum atomic E-state index is 6.09. The monoisotopic (exact) mass is 356 g/mol. The van der Waals surface area contributed by atoms with Gasteiger partial charge in [-0.2, -0.15) is 0 Å². The Kier molecular flexibility index (Phi) is 11.2. The van der Waals surface area contributed by atoms with Gasteiger partial charge in [-0.05, 0) is 6.42 Å². The second-order valence-corrected chi connectivity index (χ2v) is 5.63. The molecule has 0 rings (SSSR count). The van der Waals surface area contributed by atoms with Crippen molar-refractivity contribution in [3.63, 3.8) is 0 Å². The zero-order valence-electron chi connectivity index (χ0n) is 11.3. The molecule has 4 atom stereocenters. The van der Waals surface area contributed by atoms with E-state index in [2.05, 4.69) is 0 Å². The van der Waals surface area contributed by atoms with Gasteiger partial charge in [0.25, 0.3) is 0 Å². The highest BCUT2D eigenvalue weighted by atomic mass is 35.5. The van der Waals surface area contributed by atoms with Gasteiger partial charge in [-0.3, -0.25) is 0 Å². The Morgan fingerprint density at radius 3 is 0.947 bits per heavy atom. The lowest BCUT2D eigenvalue weighted by molar-refractivity contribution is -0.0108. The summed E-state index contributed by atoms with van der Waals surface area (Å²) in [5.41, 5.74) is -2.53. The lowest BCUT2D eigenvalue weighted by Crippen LogP contribution is -2.36. The topological polar surface area (TPSA) is 36.9 Å². The molecule has 19 heavy (non-hydrogen) atoms.